The highest BCUT2D eigenvalue weighted by Gasteiger charge is 2.10. The molecular weight excluding hydrogens is 262 g/mol. The Morgan fingerprint density at radius 1 is 1.47 bits per heavy atom. The number of hydrogen-bond donors (Lipinski definition) is 2. The van der Waals surface area contributed by atoms with Gasteiger partial charge >= 0.3 is 5.97 Å². The first kappa shape index (κ1) is 11.7. The standard InChI is InChI=1S/C10H8BrNO3/c11-10-7(3-9(14)15)1-6(4-12)2-8(10)5-13/h1-2,13H,3,5H2,(H,14,15). The van der Waals surface area contributed by atoms with Crippen LogP contribution in [0.5, 0.6) is 0 Å². The van der Waals surface area contributed by atoms with Crippen LogP contribution in [0.2, 0.25) is 0 Å². The van der Waals surface area contributed by atoms with Gasteiger partial charge in [0.2, 0.25) is 0 Å². The molecule has 4 nitrogen and oxygen atoms in total. The van der Waals surface area contributed by atoms with Crippen LogP contribution in [-0.2, 0) is 17.8 Å². The first-order chi connectivity index (χ1) is 7.08. The predicted molar refractivity (Wildman–Crippen MR) is 56.1 cm³/mol. The zero-order valence-corrected chi connectivity index (χ0v) is 9.28. The van der Waals surface area contributed by atoms with E-state index >= 15 is 0 Å². The van der Waals surface area contributed by atoms with Crippen molar-refractivity contribution in [1.82, 2.24) is 0 Å². The normalized spacial score (nSPS) is 9.67. The van der Waals surface area contributed by atoms with E-state index in [1.165, 1.54) is 12.1 Å². The van der Waals surface area contributed by atoms with Gasteiger partial charge in [0.25, 0.3) is 0 Å². The Kier molecular flexibility index (Phi) is 3.83. The summed E-state index contributed by atoms with van der Waals surface area (Å²) in [5.41, 5.74) is 1.36. The Morgan fingerprint density at radius 2 is 2.07 bits per heavy atom. The second kappa shape index (κ2) is 4.91. The Hall–Kier alpha value is -1.38. The van der Waals surface area contributed by atoms with Gasteiger partial charge in [0, 0.05) is 4.47 Å². The summed E-state index contributed by atoms with van der Waals surface area (Å²) in [6.45, 7) is -0.233. The molecule has 2 N–H and O–H groups in total. The average molecular weight is 270 g/mol. The fraction of sp³-hybridized carbons (Fsp3) is 0.200. The summed E-state index contributed by atoms with van der Waals surface area (Å²) in [6.07, 6.45) is -0.177. The highest BCUT2D eigenvalue weighted by molar-refractivity contribution is 9.10. The number of carboxylic acid groups (broad SMARTS) is 1. The van der Waals surface area contributed by atoms with Gasteiger partial charge in [-0.15, -0.1) is 0 Å². The third-order valence-electron chi connectivity index (χ3n) is 1.86. The summed E-state index contributed by atoms with van der Waals surface area (Å²) < 4.78 is 0.548. The van der Waals surface area contributed by atoms with Crippen LogP contribution < -0.4 is 0 Å². The van der Waals surface area contributed by atoms with Crippen LogP contribution in [0.4, 0.5) is 0 Å². The summed E-state index contributed by atoms with van der Waals surface area (Å²) in [5, 5.41) is 26.4. The zero-order valence-electron chi connectivity index (χ0n) is 7.70. The van der Waals surface area contributed by atoms with Crippen molar-refractivity contribution in [3.05, 3.63) is 33.3 Å². The van der Waals surface area contributed by atoms with Gasteiger partial charge in [-0.3, -0.25) is 4.79 Å². The number of carboxylic acids is 1. The average Bonchev–Trinajstić information content (AvgIpc) is 2.20. The highest BCUT2D eigenvalue weighted by Crippen LogP contribution is 2.24. The van der Waals surface area contributed by atoms with Crippen molar-refractivity contribution in [1.29, 1.82) is 5.26 Å². The summed E-state index contributed by atoms with van der Waals surface area (Å²) in [6, 6.07) is 4.94. The third-order valence-corrected chi connectivity index (χ3v) is 2.88. The summed E-state index contributed by atoms with van der Waals surface area (Å²) in [4.78, 5) is 10.6. The third kappa shape index (κ3) is 2.78. The molecule has 1 rings (SSSR count). The van der Waals surface area contributed by atoms with E-state index in [1.807, 2.05) is 6.07 Å². The monoisotopic (exact) mass is 269 g/mol. The van der Waals surface area contributed by atoms with Crippen molar-refractivity contribution in [3.8, 4) is 6.07 Å². The van der Waals surface area contributed by atoms with E-state index in [0.717, 1.165) is 0 Å². The molecule has 1 aromatic carbocycles. The topological polar surface area (TPSA) is 81.3 Å². The lowest BCUT2D eigenvalue weighted by Crippen LogP contribution is -2.03. The number of aliphatic hydroxyl groups is 1. The van der Waals surface area contributed by atoms with Crippen molar-refractivity contribution >= 4 is 21.9 Å². The molecule has 0 aliphatic heterocycles. The van der Waals surface area contributed by atoms with Crippen LogP contribution in [-0.4, -0.2) is 16.2 Å². The molecule has 0 aliphatic carbocycles. The molecule has 0 unspecified atom stereocenters. The van der Waals surface area contributed by atoms with Gasteiger partial charge in [-0.05, 0) is 23.3 Å². The van der Waals surface area contributed by atoms with Gasteiger partial charge in [-0.25, -0.2) is 0 Å². The van der Waals surface area contributed by atoms with Crippen molar-refractivity contribution < 1.29 is 15.0 Å². The summed E-state index contributed by atoms with van der Waals surface area (Å²) in [5.74, 6) is -0.977. The van der Waals surface area contributed by atoms with Gasteiger partial charge in [0.15, 0.2) is 0 Å². The smallest absolute Gasteiger partial charge is 0.307 e. The number of aliphatic hydroxyl groups excluding tert-OH is 1. The fourth-order valence-corrected chi connectivity index (χ4v) is 1.72. The van der Waals surface area contributed by atoms with E-state index in [9.17, 15) is 4.79 Å². The Balaban J connectivity index is 3.25. The minimum Gasteiger partial charge on any atom is -0.481 e. The fourth-order valence-electron chi connectivity index (χ4n) is 1.22. The minimum atomic E-state index is -0.977. The second-order valence-electron chi connectivity index (χ2n) is 2.95. The van der Waals surface area contributed by atoms with Gasteiger partial charge in [-0.2, -0.15) is 5.26 Å². The summed E-state index contributed by atoms with van der Waals surface area (Å²) in [7, 11) is 0. The van der Waals surface area contributed by atoms with Crippen LogP contribution in [0.25, 0.3) is 0 Å². The van der Waals surface area contributed by atoms with Crippen molar-refractivity contribution in [2.24, 2.45) is 0 Å². The van der Waals surface area contributed by atoms with Crippen LogP contribution in [0.1, 0.15) is 16.7 Å². The zero-order chi connectivity index (χ0) is 11.4. The van der Waals surface area contributed by atoms with Crippen LogP contribution in [0, 0.1) is 11.3 Å². The van der Waals surface area contributed by atoms with Gasteiger partial charge < -0.3 is 10.2 Å². The molecular formula is C10H8BrNO3. The van der Waals surface area contributed by atoms with Crippen LogP contribution >= 0.6 is 15.9 Å². The molecule has 15 heavy (non-hydrogen) atoms. The maximum Gasteiger partial charge on any atom is 0.307 e. The molecule has 5 heteroatoms. The lowest BCUT2D eigenvalue weighted by Gasteiger charge is -2.07. The van der Waals surface area contributed by atoms with E-state index in [0.29, 0.717) is 21.2 Å². The molecule has 0 saturated heterocycles. The number of nitriles is 1. The Morgan fingerprint density at radius 3 is 2.53 bits per heavy atom. The molecule has 0 bridgehead atoms. The number of hydrogen-bond acceptors (Lipinski definition) is 3. The molecule has 0 saturated carbocycles. The lowest BCUT2D eigenvalue weighted by molar-refractivity contribution is -0.136. The molecule has 1 aromatic rings. The predicted octanol–water partition coefficient (Wildman–Crippen LogP) is 1.44. The van der Waals surface area contributed by atoms with E-state index in [-0.39, 0.29) is 13.0 Å². The molecule has 78 valence electrons. The molecule has 0 aliphatic rings. The number of aliphatic carboxylic acids is 1. The molecule has 0 aromatic heterocycles. The van der Waals surface area contributed by atoms with Gasteiger partial charge in [-0.1, -0.05) is 15.9 Å². The summed E-state index contributed by atoms with van der Waals surface area (Å²) >= 11 is 3.20. The Labute approximate surface area is 94.9 Å². The van der Waals surface area contributed by atoms with Crippen molar-refractivity contribution in [2.45, 2.75) is 13.0 Å². The van der Waals surface area contributed by atoms with E-state index in [2.05, 4.69) is 15.9 Å². The van der Waals surface area contributed by atoms with Gasteiger partial charge in [0.05, 0.1) is 24.7 Å². The minimum absolute atomic E-state index is 0.177. The largest absolute Gasteiger partial charge is 0.481 e. The molecule has 0 radical (unpaired) electrons. The van der Waals surface area contributed by atoms with E-state index in [1.54, 1.807) is 0 Å². The number of rotatable bonds is 3. The van der Waals surface area contributed by atoms with Crippen molar-refractivity contribution in [3.63, 3.8) is 0 Å². The second-order valence-corrected chi connectivity index (χ2v) is 3.74. The lowest BCUT2D eigenvalue weighted by atomic mass is 10.0. The first-order valence-corrected chi connectivity index (χ1v) is 4.91. The quantitative estimate of drug-likeness (QED) is 0.870. The van der Waals surface area contributed by atoms with E-state index < -0.39 is 5.97 Å². The number of halogens is 1. The molecule has 0 fully saturated rings. The molecule has 0 spiro atoms. The van der Waals surface area contributed by atoms with Crippen LogP contribution in [0.3, 0.4) is 0 Å². The number of carbonyl (C=O) groups is 1. The number of benzene rings is 1. The first-order valence-electron chi connectivity index (χ1n) is 4.12. The van der Waals surface area contributed by atoms with Gasteiger partial charge in [0.1, 0.15) is 0 Å². The molecule has 0 heterocycles. The maximum absolute atomic E-state index is 10.6. The van der Waals surface area contributed by atoms with Crippen molar-refractivity contribution in [2.75, 3.05) is 0 Å². The molecule has 0 atom stereocenters. The van der Waals surface area contributed by atoms with E-state index in [4.69, 9.17) is 15.5 Å². The SMILES string of the molecule is N#Cc1cc(CO)c(Br)c(CC(=O)O)c1. The molecule has 0 amide bonds. The maximum atomic E-state index is 10.6. The van der Waals surface area contributed by atoms with Crippen LogP contribution in [0.15, 0.2) is 16.6 Å². The Bertz CT molecular complexity index is 437. The highest BCUT2D eigenvalue weighted by atomic mass is 79.9. The number of nitrogens with zero attached hydrogens (tertiary/aromatic N) is 1.